The fraction of sp³-hybridized carbons (Fsp3) is 0.294. The zero-order chi connectivity index (χ0) is 17.3. The van der Waals surface area contributed by atoms with Gasteiger partial charge in [0.25, 0.3) is 0 Å². The van der Waals surface area contributed by atoms with E-state index in [0.29, 0.717) is 35.9 Å². The summed E-state index contributed by atoms with van der Waals surface area (Å²) >= 11 is 2.16. The third-order valence-corrected chi connectivity index (χ3v) is 6.71. The molecule has 0 aromatic heterocycles. The maximum absolute atomic E-state index is 12.9. The Morgan fingerprint density at radius 2 is 1.58 bits per heavy atom. The molecule has 0 aliphatic carbocycles. The molecule has 0 radical (unpaired) electrons. The van der Waals surface area contributed by atoms with Crippen molar-refractivity contribution >= 4 is 32.6 Å². The van der Waals surface area contributed by atoms with Crippen LogP contribution in [0, 0.1) is 3.57 Å². The summed E-state index contributed by atoms with van der Waals surface area (Å²) in [6.45, 7) is 0.792. The first-order valence-electron chi connectivity index (χ1n) is 7.45. The van der Waals surface area contributed by atoms with Gasteiger partial charge in [0.2, 0.25) is 10.0 Å². The van der Waals surface area contributed by atoms with Crippen LogP contribution >= 0.6 is 22.6 Å². The normalized spacial score (nSPS) is 15.0. The zero-order valence-corrected chi connectivity index (χ0v) is 16.4. The molecule has 2 aromatic rings. The van der Waals surface area contributed by atoms with E-state index in [9.17, 15) is 8.42 Å². The number of hydrogen-bond acceptors (Lipinski definition) is 4. The van der Waals surface area contributed by atoms with Crippen molar-refractivity contribution < 1.29 is 17.9 Å². The van der Waals surface area contributed by atoms with E-state index in [4.69, 9.17) is 9.47 Å². The Morgan fingerprint density at radius 1 is 1.00 bits per heavy atom. The van der Waals surface area contributed by atoms with Gasteiger partial charge in [0.1, 0.15) is 0 Å². The Hall–Kier alpha value is -1.32. The standard InChI is InChI=1S/C17H18INO4S/c1-22-16-9-12-7-8-19(11-13(12)10-17(16)23-2)24(20,21)15-5-3-14(18)4-6-15/h3-6,9-10H,7-8,11H2,1-2H3. The number of halogens is 1. The third kappa shape index (κ3) is 3.25. The van der Waals surface area contributed by atoms with Crippen molar-refractivity contribution in [3.63, 3.8) is 0 Å². The average Bonchev–Trinajstić information content (AvgIpc) is 2.60. The molecule has 1 aliphatic heterocycles. The molecule has 0 bridgehead atoms. The van der Waals surface area contributed by atoms with Gasteiger partial charge in [-0.25, -0.2) is 8.42 Å². The van der Waals surface area contributed by atoms with Crippen molar-refractivity contribution in [1.82, 2.24) is 4.31 Å². The first-order chi connectivity index (χ1) is 11.5. The molecule has 1 heterocycles. The van der Waals surface area contributed by atoms with Gasteiger partial charge in [-0.2, -0.15) is 4.31 Å². The molecule has 128 valence electrons. The maximum Gasteiger partial charge on any atom is 0.243 e. The van der Waals surface area contributed by atoms with Gasteiger partial charge in [0.15, 0.2) is 11.5 Å². The zero-order valence-electron chi connectivity index (χ0n) is 13.5. The van der Waals surface area contributed by atoms with E-state index in [0.717, 1.165) is 14.7 Å². The highest BCUT2D eigenvalue weighted by molar-refractivity contribution is 14.1. The second-order valence-corrected chi connectivity index (χ2v) is 8.70. The van der Waals surface area contributed by atoms with Crippen molar-refractivity contribution in [2.45, 2.75) is 17.9 Å². The molecule has 1 aliphatic rings. The quantitative estimate of drug-likeness (QED) is 0.660. The van der Waals surface area contributed by atoms with Crippen LogP contribution in [0.3, 0.4) is 0 Å². The van der Waals surface area contributed by atoms with Crippen LogP contribution in [0.1, 0.15) is 11.1 Å². The highest BCUT2D eigenvalue weighted by Gasteiger charge is 2.29. The summed E-state index contributed by atoms with van der Waals surface area (Å²) < 4.78 is 38.9. The maximum atomic E-state index is 12.9. The topological polar surface area (TPSA) is 55.8 Å². The summed E-state index contributed by atoms with van der Waals surface area (Å²) in [5.74, 6) is 1.29. The van der Waals surface area contributed by atoms with Gasteiger partial charge in [-0.05, 0) is 76.5 Å². The lowest BCUT2D eigenvalue weighted by Gasteiger charge is -2.29. The second kappa shape index (κ2) is 6.89. The van der Waals surface area contributed by atoms with Crippen LogP contribution in [0.5, 0.6) is 11.5 Å². The Balaban J connectivity index is 1.93. The Bertz CT molecular complexity index is 850. The fourth-order valence-corrected chi connectivity index (χ4v) is 4.60. The second-order valence-electron chi connectivity index (χ2n) is 5.52. The van der Waals surface area contributed by atoms with Crippen LogP contribution in [-0.4, -0.2) is 33.5 Å². The van der Waals surface area contributed by atoms with E-state index >= 15 is 0 Å². The SMILES string of the molecule is COc1cc2c(cc1OC)CN(S(=O)(=O)c1ccc(I)cc1)CC2. The van der Waals surface area contributed by atoms with Gasteiger partial charge in [-0.1, -0.05) is 0 Å². The summed E-state index contributed by atoms with van der Waals surface area (Å²) in [5.41, 5.74) is 2.05. The van der Waals surface area contributed by atoms with E-state index in [1.807, 2.05) is 12.1 Å². The molecule has 2 aromatic carbocycles. The number of fused-ring (bicyclic) bond motifs is 1. The van der Waals surface area contributed by atoms with Crippen LogP contribution in [0.25, 0.3) is 0 Å². The Labute approximate surface area is 155 Å². The molecule has 0 N–H and O–H groups in total. The van der Waals surface area contributed by atoms with E-state index in [1.54, 1.807) is 38.5 Å². The fourth-order valence-electron chi connectivity index (χ4n) is 2.82. The molecule has 24 heavy (non-hydrogen) atoms. The van der Waals surface area contributed by atoms with E-state index in [2.05, 4.69) is 22.6 Å². The van der Waals surface area contributed by atoms with E-state index in [-0.39, 0.29) is 0 Å². The molecule has 0 saturated heterocycles. The van der Waals surface area contributed by atoms with Crippen LogP contribution in [0.4, 0.5) is 0 Å². The van der Waals surface area contributed by atoms with Crippen LogP contribution in [-0.2, 0) is 23.0 Å². The van der Waals surface area contributed by atoms with E-state index in [1.165, 1.54) is 4.31 Å². The van der Waals surface area contributed by atoms with Gasteiger partial charge in [-0.15, -0.1) is 0 Å². The highest BCUT2D eigenvalue weighted by Crippen LogP contribution is 2.34. The summed E-state index contributed by atoms with van der Waals surface area (Å²) in [4.78, 5) is 0.326. The lowest BCUT2D eigenvalue weighted by atomic mass is 10.0. The van der Waals surface area contributed by atoms with Gasteiger partial charge in [0, 0.05) is 16.7 Å². The number of rotatable bonds is 4. The predicted octanol–water partition coefficient (Wildman–Crippen LogP) is 3.06. The lowest BCUT2D eigenvalue weighted by Crippen LogP contribution is -2.36. The molecule has 0 amide bonds. The molecule has 0 spiro atoms. The van der Waals surface area contributed by atoms with Crippen molar-refractivity contribution in [2.75, 3.05) is 20.8 Å². The van der Waals surface area contributed by atoms with Crippen LogP contribution in [0.2, 0.25) is 0 Å². The monoisotopic (exact) mass is 459 g/mol. The van der Waals surface area contributed by atoms with Gasteiger partial charge >= 0.3 is 0 Å². The lowest BCUT2D eigenvalue weighted by molar-refractivity contribution is 0.348. The minimum atomic E-state index is -3.50. The minimum Gasteiger partial charge on any atom is -0.493 e. The molecular weight excluding hydrogens is 441 g/mol. The third-order valence-electron chi connectivity index (χ3n) is 4.13. The predicted molar refractivity (Wildman–Crippen MR) is 100 cm³/mol. The molecule has 0 saturated carbocycles. The van der Waals surface area contributed by atoms with Gasteiger partial charge < -0.3 is 9.47 Å². The molecular formula is C17H18INO4S. The molecule has 0 atom stereocenters. The summed E-state index contributed by atoms with van der Waals surface area (Å²) in [6.07, 6.45) is 0.652. The van der Waals surface area contributed by atoms with Crippen LogP contribution in [0.15, 0.2) is 41.3 Å². The number of methoxy groups -OCH3 is 2. The van der Waals surface area contributed by atoms with Gasteiger partial charge in [0.05, 0.1) is 19.1 Å². The first kappa shape index (κ1) is 17.5. The smallest absolute Gasteiger partial charge is 0.243 e. The van der Waals surface area contributed by atoms with Crippen LogP contribution < -0.4 is 9.47 Å². The molecule has 5 nitrogen and oxygen atoms in total. The first-order valence-corrected chi connectivity index (χ1v) is 9.97. The molecule has 0 unspecified atom stereocenters. The van der Waals surface area contributed by atoms with E-state index < -0.39 is 10.0 Å². The minimum absolute atomic E-state index is 0.326. The molecule has 3 rings (SSSR count). The van der Waals surface area contributed by atoms with Crippen molar-refractivity contribution in [3.05, 3.63) is 51.1 Å². The highest BCUT2D eigenvalue weighted by atomic mass is 127. The summed E-state index contributed by atoms with van der Waals surface area (Å²) in [6, 6.07) is 10.7. The molecule has 0 fully saturated rings. The number of benzene rings is 2. The summed E-state index contributed by atoms with van der Waals surface area (Å²) in [5, 5.41) is 0. The largest absolute Gasteiger partial charge is 0.493 e. The van der Waals surface area contributed by atoms with Crippen molar-refractivity contribution in [2.24, 2.45) is 0 Å². The summed E-state index contributed by atoms with van der Waals surface area (Å²) in [7, 11) is -0.324. The molecule has 7 heteroatoms. The number of ether oxygens (including phenoxy) is 2. The van der Waals surface area contributed by atoms with Crippen molar-refractivity contribution in [3.8, 4) is 11.5 Å². The van der Waals surface area contributed by atoms with Crippen molar-refractivity contribution in [1.29, 1.82) is 0 Å². The number of sulfonamides is 1. The Kier molecular flexibility index (Phi) is 5.03. The number of nitrogens with zero attached hydrogens (tertiary/aromatic N) is 1. The van der Waals surface area contributed by atoms with Gasteiger partial charge in [-0.3, -0.25) is 0 Å². The average molecular weight is 459 g/mol. The Morgan fingerprint density at radius 3 is 2.17 bits per heavy atom. The number of hydrogen-bond donors (Lipinski definition) is 0.